The minimum Gasteiger partial charge on any atom is -0.497 e. The predicted octanol–water partition coefficient (Wildman–Crippen LogP) is 4.74. The lowest BCUT2D eigenvalue weighted by Crippen LogP contribution is -2.28. The van der Waals surface area contributed by atoms with Gasteiger partial charge in [-0.25, -0.2) is 0 Å². The van der Waals surface area contributed by atoms with Crippen LogP contribution in [0.3, 0.4) is 0 Å². The third-order valence-corrected chi connectivity index (χ3v) is 6.10. The first-order chi connectivity index (χ1) is 17.0. The van der Waals surface area contributed by atoms with Crippen LogP contribution in [0.25, 0.3) is 33.5 Å². The van der Waals surface area contributed by atoms with Crippen LogP contribution in [0.5, 0.6) is 11.5 Å². The Labute approximate surface area is 201 Å². The smallest absolute Gasteiger partial charge is 0.269 e. The molecular weight excluding hydrogens is 444 g/mol. The number of aromatic nitrogens is 2. The number of rotatable bonds is 6. The summed E-state index contributed by atoms with van der Waals surface area (Å²) in [4.78, 5) is 31.7. The molecule has 5 aromatic rings. The molecule has 3 aromatic carbocycles. The molecule has 0 aliphatic heterocycles. The summed E-state index contributed by atoms with van der Waals surface area (Å²) in [5.74, 6) is 1.76. The molecule has 7 heteroatoms. The molecule has 0 saturated heterocycles. The minimum atomic E-state index is -0.425. The van der Waals surface area contributed by atoms with Gasteiger partial charge in [0.15, 0.2) is 5.39 Å². The second-order valence-electron chi connectivity index (χ2n) is 8.33. The number of aryl methyl sites for hydroxylation is 2. The molecule has 0 saturated carbocycles. The van der Waals surface area contributed by atoms with Gasteiger partial charge < -0.3 is 13.9 Å². The first-order valence-electron chi connectivity index (χ1n) is 11.2. The van der Waals surface area contributed by atoms with Gasteiger partial charge in [-0.3, -0.25) is 14.2 Å². The zero-order valence-electron chi connectivity index (χ0n) is 19.7. The van der Waals surface area contributed by atoms with E-state index in [-0.39, 0.29) is 11.1 Å². The molecule has 7 nitrogen and oxygen atoms in total. The second kappa shape index (κ2) is 9.10. The van der Waals surface area contributed by atoms with E-state index in [0.29, 0.717) is 35.5 Å². The molecule has 5 rings (SSSR count). The van der Waals surface area contributed by atoms with Crippen molar-refractivity contribution in [3.05, 3.63) is 98.4 Å². The van der Waals surface area contributed by atoms with E-state index in [1.807, 2.05) is 55.5 Å². The van der Waals surface area contributed by atoms with Crippen LogP contribution in [0, 0.1) is 6.92 Å². The fraction of sp³-hybridized carbons (Fsp3) is 0.179. The zero-order valence-corrected chi connectivity index (χ0v) is 19.7. The van der Waals surface area contributed by atoms with Crippen LogP contribution in [0.1, 0.15) is 11.1 Å². The summed E-state index contributed by atoms with van der Waals surface area (Å²) >= 11 is 0. The summed E-state index contributed by atoms with van der Waals surface area (Å²) in [6.45, 7) is 2.34. The van der Waals surface area contributed by atoms with E-state index in [1.165, 1.54) is 7.11 Å². The van der Waals surface area contributed by atoms with E-state index in [1.54, 1.807) is 29.9 Å². The molecule has 0 aliphatic carbocycles. The van der Waals surface area contributed by atoms with Crippen LogP contribution in [0.2, 0.25) is 0 Å². The minimum absolute atomic E-state index is 0.0111. The molecule has 0 aliphatic rings. The number of fused-ring (bicyclic) bond motifs is 2. The summed E-state index contributed by atoms with van der Waals surface area (Å²) in [5, 5.41) is 0.246. The monoisotopic (exact) mass is 468 g/mol. The summed E-state index contributed by atoms with van der Waals surface area (Å²) < 4.78 is 18.0. The molecule has 0 radical (unpaired) electrons. The van der Waals surface area contributed by atoms with Gasteiger partial charge in [0.1, 0.15) is 22.9 Å². The summed E-state index contributed by atoms with van der Waals surface area (Å²) in [7, 11) is 3.16. The second-order valence-corrected chi connectivity index (χ2v) is 8.33. The normalized spacial score (nSPS) is 11.2. The van der Waals surface area contributed by atoms with Crippen molar-refractivity contribution < 1.29 is 13.9 Å². The Morgan fingerprint density at radius 3 is 2.26 bits per heavy atom. The van der Waals surface area contributed by atoms with Crippen molar-refractivity contribution in [3.63, 3.8) is 0 Å². The van der Waals surface area contributed by atoms with E-state index in [4.69, 9.17) is 13.9 Å². The lowest BCUT2D eigenvalue weighted by molar-refractivity contribution is 0.414. The maximum absolute atomic E-state index is 13.7. The molecule has 0 N–H and O–H groups in total. The number of nitrogens with zero attached hydrogens (tertiary/aromatic N) is 2. The fourth-order valence-corrected chi connectivity index (χ4v) is 4.11. The Balaban J connectivity index is 1.71. The van der Waals surface area contributed by atoms with Crippen LogP contribution in [0.15, 0.2) is 80.7 Å². The fourth-order valence-electron chi connectivity index (χ4n) is 4.11. The van der Waals surface area contributed by atoms with Crippen molar-refractivity contribution in [2.24, 2.45) is 0 Å². The highest BCUT2D eigenvalue weighted by molar-refractivity contribution is 5.89. The zero-order chi connectivity index (χ0) is 24.5. The highest BCUT2D eigenvalue weighted by Gasteiger charge is 2.19. The van der Waals surface area contributed by atoms with Gasteiger partial charge in [-0.05, 0) is 43.2 Å². The van der Waals surface area contributed by atoms with Gasteiger partial charge in [0.05, 0.1) is 19.6 Å². The molecule has 35 heavy (non-hydrogen) atoms. The molecule has 0 spiro atoms. The Bertz CT molecular complexity index is 1650. The molecule has 0 fully saturated rings. The van der Waals surface area contributed by atoms with Gasteiger partial charge in [0, 0.05) is 18.2 Å². The average molecular weight is 469 g/mol. The van der Waals surface area contributed by atoms with Crippen molar-refractivity contribution >= 4 is 22.1 Å². The molecule has 2 aromatic heterocycles. The number of benzene rings is 3. The van der Waals surface area contributed by atoms with Gasteiger partial charge in [0.25, 0.3) is 5.56 Å². The van der Waals surface area contributed by atoms with Crippen molar-refractivity contribution in [1.29, 1.82) is 0 Å². The Morgan fingerprint density at radius 1 is 0.886 bits per heavy atom. The van der Waals surface area contributed by atoms with E-state index in [0.717, 1.165) is 22.4 Å². The van der Waals surface area contributed by atoms with E-state index in [9.17, 15) is 9.59 Å². The summed E-state index contributed by atoms with van der Waals surface area (Å²) in [6, 6.07) is 20.3. The summed E-state index contributed by atoms with van der Waals surface area (Å²) in [5.41, 5.74) is 2.38. The topological polar surface area (TPSA) is 83.6 Å². The molecular formula is C28H24N2O5. The molecule has 0 atom stereocenters. The lowest BCUT2D eigenvalue weighted by atomic mass is 10.1. The van der Waals surface area contributed by atoms with E-state index in [2.05, 4.69) is 4.98 Å². The Morgan fingerprint density at radius 2 is 1.57 bits per heavy atom. The molecule has 0 bridgehead atoms. The molecule has 0 amide bonds. The van der Waals surface area contributed by atoms with Crippen molar-refractivity contribution in [3.8, 4) is 22.9 Å². The van der Waals surface area contributed by atoms with Crippen LogP contribution in [-0.4, -0.2) is 23.8 Å². The van der Waals surface area contributed by atoms with E-state index < -0.39 is 11.0 Å². The van der Waals surface area contributed by atoms with Crippen molar-refractivity contribution in [1.82, 2.24) is 9.55 Å². The standard InChI is InChI=1S/C28H24N2O5/c1-17-4-8-19(9-5-17)26-29-27-24(25(31)22-13-12-21(34-3)16-23(22)35-27)28(32)30(26)15-14-18-6-10-20(33-2)11-7-18/h4-13,16H,14-15H2,1-3H3. The first kappa shape index (κ1) is 22.4. The first-order valence-corrected chi connectivity index (χ1v) is 11.2. The maximum atomic E-state index is 13.7. The Hall–Kier alpha value is -4.39. The third kappa shape index (κ3) is 4.17. The quantitative estimate of drug-likeness (QED) is 0.335. The molecule has 0 unspecified atom stereocenters. The van der Waals surface area contributed by atoms with Gasteiger partial charge in [0.2, 0.25) is 11.1 Å². The lowest BCUT2D eigenvalue weighted by Gasteiger charge is -2.14. The van der Waals surface area contributed by atoms with E-state index >= 15 is 0 Å². The number of methoxy groups -OCH3 is 2. The highest BCUT2D eigenvalue weighted by Crippen LogP contribution is 2.24. The third-order valence-electron chi connectivity index (χ3n) is 6.10. The number of hydrogen-bond donors (Lipinski definition) is 0. The molecule has 176 valence electrons. The van der Waals surface area contributed by atoms with Crippen LogP contribution < -0.4 is 20.5 Å². The predicted molar refractivity (Wildman–Crippen MR) is 135 cm³/mol. The van der Waals surface area contributed by atoms with Crippen LogP contribution in [0.4, 0.5) is 0 Å². The highest BCUT2D eigenvalue weighted by atomic mass is 16.5. The van der Waals surface area contributed by atoms with Gasteiger partial charge in [-0.1, -0.05) is 42.0 Å². The molecule has 2 heterocycles. The van der Waals surface area contributed by atoms with Gasteiger partial charge in [-0.2, -0.15) is 4.98 Å². The van der Waals surface area contributed by atoms with Gasteiger partial charge in [-0.15, -0.1) is 0 Å². The average Bonchev–Trinajstić information content (AvgIpc) is 2.88. The largest absolute Gasteiger partial charge is 0.497 e. The maximum Gasteiger partial charge on any atom is 0.269 e. The number of ether oxygens (including phenoxy) is 2. The number of hydrogen-bond acceptors (Lipinski definition) is 6. The Kier molecular flexibility index (Phi) is 5.82. The van der Waals surface area contributed by atoms with Crippen molar-refractivity contribution in [2.45, 2.75) is 19.9 Å². The van der Waals surface area contributed by atoms with Crippen molar-refractivity contribution in [2.75, 3.05) is 14.2 Å². The van der Waals surface area contributed by atoms with Gasteiger partial charge >= 0.3 is 0 Å². The van der Waals surface area contributed by atoms with Crippen LogP contribution >= 0.6 is 0 Å². The SMILES string of the molecule is COc1ccc(CCn2c(-c3ccc(C)cc3)nc3oc4cc(OC)ccc4c(=O)c3c2=O)cc1. The summed E-state index contributed by atoms with van der Waals surface area (Å²) in [6.07, 6.45) is 0.575. The van der Waals surface area contributed by atoms with Crippen LogP contribution in [-0.2, 0) is 13.0 Å².